The van der Waals surface area contributed by atoms with E-state index in [4.69, 9.17) is 4.42 Å². The van der Waals surface area contributed by atoms with Crippen molar-refractivity contribution in [1.82, 2.24) is 15.5 Å². The molecule has 0 fully saturated rings. The van der Waals surface area contributed by atoms with Crippen LogP contribution in [0, 0.1) is 5.82 Å². The number of carbonyl (C=O) groups excluding carboxylic acids is 1. The second-order valence-corrected chi connectivity index (χ2v) is 3.74. The summed E-state index contributed by atoms with van der Waals surface area (Å²) in [7, 11) is 0. The van der Waals surface area contributed by atoms with Crippen molar-refractivity contribution in [3.8, 4) is 11.5 Å². The molecular formula is C12H12FN3O2. The summed E-state index contributed by atoms with van der Waals surface area (Å²) in [6, 6.07) is 5.80. The van der Waals surface area contributed by atoms with Gasteiger partial charge >= 0.3 is 0 Å². The second kappa shape index (κ2) is 5.39. The lowest BCUT2D eigenvalue weighted by atomic mass is 10.2. The van der Waals surface area contributed by atoms with E-state index < -0.39 is 0 Å². The largest absolute Gasteiger partial charge is 0.421 e. The number of hydrogen-bond donors (Lipinski definition) is 1. The first-order valence-electron chi connectivity index (χ1n) is 5.48. The predicted octanol–water partition coefficient (Wildman–Crippen LogP) is 1.55. The lowest BCUT2D eigenvalue weighted by Gasteiger charge is -1.97. The van der Waals surface area contributed by atoms with Crippen LogP contribution in [0.2, 0.25) is 0 Å². The molecule has 2 aromatic rings. The van der Waals surface area contributed by atoms with E-state index in [1.807, 2.05) is 0 Å². The quantitative estimate of drug-likeness (QED) is 0.892. The van der Waals surface area contributed by atoms with Crippen LogP contribution in [-0.2, 0) is 11.2 Å². The van der Waals surface area contributed by atoms with Crippen molar-refractivity contribution in [2.24, 2.45) is 0 Å². The van der Waals surface area contributed by atoms with Crippen molar-refractivity contribution in [3.05, 3.63) is 36.0 Å². The topological polar surface area (TPSA) is 68.0 Å². The van der Waals surface area contributed by atoms with Crippen molar-refractivity contribution in [1.29, 1.82) is 0 Å². The monoisotopic (exact) mass is 249 g/mol. The van der Waals surface area contributed by atoms with Gasteiger partial charge in [0.25, 0.3) is 0 Å². The maximum Gasteiger partial charge on any atom is 0.247 e. The number of benzene rings is 1. The Labute approximate surface area is 103 Å². The molecule has 0 spiro atoms. The number of nitrogens with one attached hydrogen (secondary N) is 1. The molecule has 94 valence electrons. The molecule has 5 nitrogen and oxygen atoms in total. The van der Waals surface area contributed by atoms with Gasteiger partial charge in [-0.1, -0.05) is 0 Å². The van der Waals surface area contributed by atoms with Crippen LogP contribution < -0.4 is 5.32 Å². The minimum Gasteiger partial charge on any atom is -0.421 e. The lowest BCUT2D eigenvalue weighted by Crippen LogP contribution is -2.22. The number of rotatable bonds is 4. The van der Waals surface area contributed by atoms with E-state index >= 15 is 0 Å². The van der Waals surface area contributed by atoms with E-state index in [-0.39, 0.29) is 11.7 Å². The van der Waals surface area contributed by atoms with Gasteiger partial charge in [0.15, 0.2) is 0 Å². The summed E-state index contributed by atoms with van der Waals surface area (Å²) in [4.78, 5) is 10.7. The summed E-state index contributed by atoms with van der Waals surface area (Å²) in [6.45, 7) is 1.89. The number of amides is 1. The van der Waals surface area contributed by atoms with Crippen molar-refractivity contribution in [2.75, 3.05) is 6.54 Å². The first kappa shape index (κ1) is 12.2. The molecule has 0 aliphatic carbocycles. The highest BCUT2D eigenvalue weighted by atomic mass is 19.1. The molecule has 1 aromatic carbocycles. The average molecular weight is 249 g/mol. The first-order valence-corrected chi connectivity index (χ1v) is 5.48. The molecule has 1 aromatic heterocycles. The lowest BCUT2D eigenvalue weighted by molar-refractivity contribution is -0.118. The SMILES string of the molecule is CC(=O)NCCc1nnc(-c2ccc(F)cc2)o1. The van der Waals surface area contributed by atoms with Gasteiger partial charge < -0.3 is 9.73 Å². The van der Waals surface area contributed by atoms with E-state index in [0.717, 1.165) is 0 Å². The van der Waals surface area contributed by atoms with Crippen LogP contribution >= 0.6 is 0 Å². The highest BCUT2D eigenvalue weighted by molar-refractivity contribution is 5.72. The standard InChI is InChI=1S/C12H12FN3O2/c1-8(17)14-7-6-11-15-16-12(18-11)9-2-4-10(13)5-3-9/h2-5H,6-7H2,1H3,(H,14,17). The molecule has 0 saturated heterocycles. The summed E-state index contributed by atoms with van der Waals surface area (Å²) in [5.74, 6) is 0.355. The fourth-order valence-corrected chi connectivity index (χ4v) is 1.41. The van der Waals surface area contributed by atoms with Gasteiger partial charge in [0.1, 0.15) is 5.82 Å². The zero-order chi connectivity index (χ0) is 13.0. The molecule has 1 N–H and O–H groups in total. The maximum atomic E-state index is 12.7. The summed E-state index contributed by atoms with van der Waals surface area (Å²) < 4.78 is 18.1. The molecule has 18 heavy (non-hydrogen) atoms. The van der Waals surface area contributed by atoms with Crippen LogP contribution in [-0.4, -0.2) is 22.6 Å². The van der Waals surface area contributed by atoms with Crippen molar-refractivity contribution in [3.63, 3.8) is 0 Å². The van der Waals surface area contributed by atoms with Crippen LogP contribution in [0.25, 0.3) is 11.5 Å². The second-order valence-electron chi connectivity index (χ2n) is 3.74. The molecular weight excluding hydrogens is 237 g/mol. The minimum atomic E-state index is -0.316. The Morgan fingerprint density at radius 3 is 2.72 bits per heavy atom. The third-order valence-electron chi connectivity index (χ3n) is 2.27. The van der Waals surface area contributed by atoms with Gasteiger partial charge in [-0.15, -0.1) is 10.2 Å². The number of carbonyl (C=O) groups is 1. The molecule has 0 saturated carbocycles. The Hall–Kier alpha value is -2.24. The third-order valence-corrected chi connectivity index (χ3v) is 2.27. The summed E-state index contributed by atoms with van der Waals surface area (Å²) in [5, 5.41) is 10.3. The van der Waals surface area contributed by atoms with E-state index in [1.54, 1.807) is 12.1 Å². The zero-order valence-corrected chi connectivity index (χ0v) is 9.81. The van der Waals surface area contributed by atoms with E-state index in [2.05, 4.69) is 15.5 Å². The highest BCUT2D eigenvalue weighted by Crippen LogP contribution is 2.17. The molecule has 0 aliphatic rings. The Morgan fingerprint density at radius 1 is 1.33 bits per heavy atom. The van der Waals surface area contributed by atoms with Gasteiger partial charge in [0, 0.05) is 25.5 Å². The molecule has 1 amide bonds. The van der Waals surface area contributed by atoms with Crippen LogP contribution in [0.5, 0.6) is 0 Å². The van der Waals surface area contributed by atoms with Gasteiger partial charge in [-0.25, -0.2) is 4.39 Å². The summed E-state index contributed by atoms with van der Waals surface area (Å²) in [6.07, 6.45) is 0.466. The third kappa shape index (κ3) is 3.13. The number of halogens is 1. The van der Waals surface area contributed by atoms with E-state index in [1.165, 1.54) is 19.1 Å². The number of hydrogen-bond acceptors (Lipinski definition) is 4. The molecule has 0 bridgehead atoms. The Kier molecular flexibility index (Phi) is 3.66. The smallest absolute Gasteiger partial charge is 0.247 e. The molecule has 0 unspecified atom stereocenters. The van der Waals surface area contributed by atoms with Crippen LogP contribution in [0.4, 0.5) is 4.39 Å². The van der Waals surface area contributed by atoms with Crippen LogP contribution in [0.3, 0.4) is 0 Å². The highest BCUT2D eigenvalue weighted by Gasteiger charge is 2.08. The fourth-order valence-electron chi connectivity index (χ4n) is 1.41. The van der Waals surface area contributed by atoms with Crippen LogP contribution in [0.1, 0.15) is 12.8 Å². The molecule has 6 heteroatoms. The van der Waals surface area contributed by atoms with Gasteiger partial charge in [-0.05, 0) is 24.3 Å². The van der Waals surface area contributed by atoms with Gasteiger partial charge in [-0.3, -0.25) is 4.79 Å². The Bertz CT molecular complexity index is 537. The number of aromatic nitrogens is 2. The summed E-state index contributed by atoms with van der Waals surface area (Å²) >= 11 is 0. The predicted molar refractivity (Wildman–Crippen MR) is 62.1 cm³/mol. The molecule has 0 atom stereocenters. The molecule has 0 radical (unpaired) electrons. The minimum absolute atomic E-state index is 0.103. The van der Waals surface area contributed by atoms with Crippen molar-refractivity contribution < 1.29 is 13.6 Å². The van der Waals surface area contributed by atoms with Crippen molar-refractivity contribution in [2.45, 2.75) is 13.3 Å². The van der Waals surface area contributed by atoms with Crippen LogP contribution in [0.15, 0.2) is 28.7 Å². The average Bonchev–Trinajstić information content (AvgIpc) is 2.78. The van der Waals surface area contributed by atoms with Crippen molar-refractivity contribution >= 4 is 5.91 Å². The van der Waals surface area contributed by atoms with E-state index in [0.29, 0.717) is 30.3 Å². The van der Waals surface area contributed by atoms with Gasteiger partial charge in [-0.2, -0.15) is 0 Å². The van der Waals surface area contributed by atoms with Gasteiger partial charge in [0.05, 0.1) is 0 Å². The zero-order valence-electron chi connectivity index (χ0n) is 9.81. The first-order chi connectivity index (χ1) is 8.65. The Morgan fingerprint density at radius 2 is 2.06 bits per heavy atom. The maximum absolute atomic E-state index is 12.7. The summed E-state index contributed by atoms with van der Waals surface area (Å²) in [5.41, 5.74) is 0.662. The Balaban J connectivity index is 2.01. The molecule has 1 heterocycles. The van der Waals surface area contributed by atoms with E-state index in [9.17, 15) is 9.18 Å². The molecule has 0 aliphatic heterocycles. The normalized spacial score (nSPS) is 10.3. The molecule has 2 rings (SSSR count). The fraction of sp³-hybridized carbons (Fsp3) is 0.250. The number of nitrogens with zero attached hydrogens (tertiary/aromatic N) is 2. The van der Waals surface area contributed by atoms with Gasteiger partial charge in [0.2, 0.25) is 17.7 Å².